The topological polar surface area (TPSA) is 47.4 Å². The number of imidazole rings is 1. The van der Waals surface area contributed by atoms with Crippen LogP contribution in [0.2, 0.25) is 0 Å². The minimum atomic E-state index is 0.0425. The highest BCUT2D eigenvalue weighted by atomic mass is 16.5. The summed E-state index contributed by atoms with van der Waals surface area (Å²) in [6.07, 6.45) is 9.15. The van der Waals surface area contributed by atoms with Crippen LogP contribution in [-0.4, -0.2) is 33.0 Å². The molecule has 2 aromatic rings. The van der Waals surface area contributed by atoms with Crippen LogP contribution in [0.1, 0.15) is 56.1 Å². The summed E-state index contributed by atoms with van der Waals surface area (Å²) in [5.41, 5.74) is 2.07. The molecule has 1 aromatic heterocycles. The molecule has 2 aliphatic rings. The minimum absolute atomic E-state index is 0.0425. The molecule has 5 heteroatoms. The highest BCUT2D eigenvalue weighted by Gasteiger charge is 2.30. The molecule has 1 amide bonds. The third kappa shape index (κ3) is 3.15. The number of amides is 1. The van der Waals surface area contributed by atoms with Gasteiger partial charge in [0.2, 0.25) is 5.82 Å². The normalized spacial score (nSPS) is 17.3. The van der Waals surface area contributed by atoms with Crippen LogP contribution < -0.4 is 4.74 Å². The molecule has 1 aromatic carbocycles. The highest BCUT2D eigenvalue weighted by molar-refractivity contribution is 5.93. The predicted octanol–water partition coefficient (Wildman–Crippen LogP) is 4.08. The molecule has 2 heterocycles. The first-order chi connectivity index (χ1) is 12.3. The maximum Gasteiger partial charge on any atom is 0.291 e. The lowest BCUT2D eigenvalue weighted by Gasteiger charge is -2.15. The summed E-state index contributed by atoms with van der Waals surface area (Å²) >= 11 is 0. The molecule has 0 unspecified atom stereocenters. The van der Waals surface area contributed by atoms with E-state index in [1.165, 1.54) is 12.8 Å². The van der Waals surface area contributed by atoms with Crippen molar-refractivity contribution in [2.45, 2.75) is 58.2 Å². The average molecular weight is 339 g/mol. The van der Waals surface area contributed by atoms with Crippen LogP contribution >= 0.6 is 0 Å². The number of fused-ring (bicyclic) bond motifs is 1. The van der Waals surface area contributed by atoms with Crippen molar-refractivity contribution in [3.8, 4) is 17.0 Å². The van der Waals surface area contributed by atoms with E-state index in [0.29, 0.717) is 18.6 Å². The lowest BCUT2D eigenvalue weighted by molar-refractivity contribution is 0.0764. The van der Waals surface area contributed by atoms with Gasteiger partial charge in [-0.05, 0) is 56.4 Å². The second kappa shape index (κ2) is 6.90. The number of benzene rings is 1. The molecular formula is C20H25N3O2. The van der Waals surface area contributed by atoms with Gasteiger partial charge in [0, 0.05) is 12.1 Å². The number of unbranched alkanes of at least 4 members (excludes halogenated alkanes) is 1. The Balaban J connectivity index is 1.50. The standard InChI is InChI=1S/C20H25N3O2/c1-2-3-12-22-14-23-18(13-21-19(23)20(22)24)15-8-10-17(11-9-15)25-16-6-4-5-7-16/h8-11,13,16H,2-7,12,14H2,1H3. The van der Waals surface area contributed by atoms with Gasteiger partial charge in [0.15, 0.2) is 0 Å². The van der Waals surface area contributed by atoms with Crippen LogP contribution in [0.3, 0.4) is 0 Å². The Morgan fingerprint density at radius 3 is 2.68 bits per heavy atom. The van der Waals surface area contributed by atoms with Gasteiger partial charge in [0.1, 0.15) is 5.75 Å². The quantitative estimate of drug-likeness (QED) is 0.796. The van der Waals surface area contributed by atoms with Crippen molar-refractivity contribution in [1.82, 2.24) is 14.5 Å². The molecule has 5 nitrogen and oxygen atoms in total. The van der Waals surface area contributed by atoms with Crippen molar-refractivity contribution in [3.63, 3.8) is 0 Å². The van der Waals surface area contributed by atoms with E-state index in [1.807, 2.05) is 21.6 Å². The van der Waals surface area contributed by atoms with E-state index in [0.717, 1.165) is 49.2 Å². The van der Waals surface area contributed by atoms with Gasteiger partial charge in [-0.2, -0.15) is 0 Å². The Kier molecular flexibility index (Phi) is 4.47. The van der Waals surface area contributed by atoms with Gasteiger partial charge < -0.3 is 14.2 Å². The molecule has 0 atom stereocenters. The zero-order valence-corrected chi connectivity index (χ0v) is 14.8. The minimum Gasteiger partial charge on any atom is -0.490 e. The molecule has 1 aliphatic carbocycles. The highest BCUT2D eigenvalue weighted by Crippen LogP contribution is 2.29. The molecule has 0 N–H and O–H groups in total. The zero-order valence-electron chi connectivity index (χ0n) is 14.8. The van der Waals surface area contributed by atoms with Crippen molar-refractivity contribution < 1.29 is 9.53 Å². The van der Waals surface area contributed by atoms with E-state index in [-0.39, 0.29) is 5.91 Å². The van der Waals surface area contributed by atoms with Gasteiger partial charge in [-0.25, -0.2) is 4.98 Å². The van der Waals surface area contributed by atoms with E-state index < -0.39 is 0 Å². The van der Waals surface area contributed by atoms with Gasteiger partial charge >= 0.3 is 0 Å². The first-order valence-electron chi connectivity index (χ1n) is 9.38. The number of carbonyl (C=O) groups is 1. The molecule has 25 heavy (non-hydrogen) atoms. The number of carbonyl (C=O) groups excluding carboxylic acids is 1. The molecule has 0 radical (unpaired) electrons. The Bertz CT molecular complexity index is 745. The van der Waals surface area contributed by atoms with Crippen LogP contribution in [0, 0.1) is 0 Å². The predicted molar refractivity (Wildman–Crippen MR) is 96.5 cm³/mol. The number of hydrogen-bond donors (Lipinski definition) is 0. The molecular weight excluding hydrogens is 314 g/mol. The lowest BCUT2D eigenvalue weighted by atomic mass is 10.1. The van der Waals surface area contributed by atoms with Crippen molar-refractivity contribution in [2.24, 2.45) is 0 Å². The number of hydrogen-bond acceptors (Lipinski definition) is 3. The zero-order chi connectivity index (χ0) is 17.2. The van der Waals surface area contributed by atoms with Crippen molar-refractivity contribution in [1.29, 1.82) is 0 Å². The van der Waals surface area contributed by atoms with Crippen LogP contribution in [0.15, 0.2) is 30.5 Å². The third-order valence-corrected chi connectivity index (χ3v) is 5.18. The third-order valence-electron chi connectivity index (χ3n) is 5.18. The molecule has 0 saturated heterocycles. The van der Waals surface area contributed by atoms with Crippen molar-refractivity contribution >= 4 is 5.91 Å². The Morgan fingerprint density at radius 1 is 1.20 bits per heavy atom. The van der Waals surface area contributed by atoms with E-state index in [9.17, 15) is 4.79 Å². The second-order valence-corrected chi connectivity index (χ2v) is 7.01. The SMILES string of the molecule is CCCCN1Cn2c(-c3ccc(OC4CCCC4)cc3)cnc2C1=O. The Morgan fingerprint density at radius 2 is 1.96 bits per heavy atom. The second-order valence-electron chi connectivity index (χ2n) is 7.01. The monoisotopic (exact) mass is 339 g/mol. The average Bonchev–Trinajstić information content (AvgIpc) is 3.33. The Hall–Kier alpha value is -2.30. The maximum atomic E-state index is 12.4. The summed E-state index contributed by atoms with van der Waals surface area (Å²) in [5.74, 6) is 1.52. The Labute approximate surface area is 148 Å². The van der Waals surface area contributed by atoms with Crippen molar-refractivity contribution in [2.75, 3.05) is 6.54 Å². The lowest BCUT2D eigenvalue weighted by Crippen LogP contribution is -2.25. The van der Waals surface area contributed by atoms with Gasteiger partial charge in [-0.15, -0.1) is 0 Å². The van der Waals surface area contributed by atoms with Crippen LogP contribution in [-0.2, 0) is 6.67 Å². The molecule has 132 valence electrons. The summed E-state index contributed by atoms with van der Waals surface area (Å²) in [4.78, 5) is 18.7. The number of nitrogens with zero attached hydrogens (tertiary/aromatic N) is 3. The summed E-state index contributed by atoms with van der Waals surface area (Å²) in [7, 11) is 0. The summed E-state index contributed by atoms with van der Waals surface area (Å²) in [6, 6.07) is 8.18. The van der Waals surface area contributed by atoms with Gasteiger partial charge in [0.25, 0.3) is 5.91 Å². The smallest absolute Gasteiger partial charge is 0.291 e. The van der Waals surface area contributed by atoms with Crippen molar-refractivity contribution in [3.05, 3.63) is 36.3 Å². The summed E-state index contributed by atoms with van der Waals surface area (Å²) in [5, 5.41) is 0. The van der Waals surface area contributed by atoms with Crippen LogP contribution in [0.5, 0.6) is 5.75 Å². The molecule has 4 rings (SSSR count). The summed E-state index contributed by atoms with van der Waals surface area (Å²) in [6.45, 7) is 3.54. The van der Waals surface area contributed by atoms with E-state index in [2.05, 4.69) is 24.0 Å². The first-order valence-corrected chi connectivity index (χ1v) is 9.38. The van der Waals surface area contributed by atoms with Gasteiger partial charge in [0.05, 0.1) is 24.7 Å². The molecule has 1 aliphatic heterocycles. The van der Waals surface area contributed by atoms with Gasteiger partial charge in [-0.1, -0.05) is 13.3 Å². The van der Waals surface area contributed by atoms with E-state index in [4.69, 9.17) is 4.74 Å². The largest absolute Gasteiger partial charge is 0.490 e. The molecule has 1 saturated carbocycles. The molecule has 1 fully saturated rings. The first kappa shape index (κ1) is 16.2. The van der Waals surface area contributed by atoms with Crippen LogP contribution in [0.25, 0.3) is 11.3 Å². The fourth-order valence-corrected chi connectivity index (χ4v) is 3.72. The fraction of sp³-hybridized carbons (Fsp3) is 0.500. The maximum absolute atomic E-state index is 12.4. The number of rotatable bonds is 6. The van der Waals surface area contributed by atoms with E-state index >= 15 is 0 Å². The molecule has 0 bridgehead atoms. The van der Waals surface area contributed by atoms with Crippen LogP contribution in [0.4, 0.5) is 0 Å². The fourth-order valence-electron chi connectivity index (χ4n) is 3.72. The molecule has 0 spiro atoms. The van der Waals surface area contributed by atoms with Gasteiger partial charge in [-0.3, -0.25) is 4.79 Å². The summed E-state index contributed by atoms with van der Waals surface area (Å²) < 4.78 is 8.05. The van der Waals surface area contributed by atoms with E-state index in [1.54, 1.807) is 6.20 Å². The number of aromatic nitrogens is 2. The number of ether oxygens (including phenoxy) is 1.